The van der Waals surface area contributed by atoms with Gasteiger partial charge in [0.05, 0.1) is 12.8 Å². The van der Waals surface area contributed by atoms with Gasteiger partial charge in [0.2, 0.25) is 5.82 Å². The van der Waals surface area contributed by atoms with Crippen LogP contribution in [0.15, 0.2) is 30.3 Å². The number of ether oxygens (including phenoxy) is 1. The highest BCUT2D eigenvalue weighted by Gasteiger charge is 2.05. The molecule has 0 saturated heterocycles. The number of carbonyl (C=O) groups excluding carboxylic acids is 1. The minimum absolute atomic E-state index is 0.321. The Kier molecular flexibility index (Phi) is 4.25. The number of hydrogen-bond donors (Lipinski definition) is 0. The number of esters is 1. The molecule has 0 saturated carbocycles. The van der Waals surface area contributed by atoms with Crippen LogP contribution in [0.25, 0.3) is 17.6 Å². The topological polar surface area (TPSA) is 69.9 Å². The molecule has 0 unspecified atom stereocenters. The maximum absolute atomic E-state index is 11.1. The van der Waals surface area contributed by atoms with Gasteiger partial charge in [0.1, 0.15) is 0 Å². The van der Waals surface area contributed by atoms with Gasteiger partial charge in [-0.25, -0.2) is 4.79 Å². The fraction of sp³-hybridized carbons (Fsp3) is 0.167. The third-order valence-electron chi connectivity index (χ3n) is 2.14. The van der Waals surface area contributed by atoms with E-state index in [-0.39, 0.29) is 0 Å². The predicted molar refractivity (Wildman–Crippen MR) is 70.2 cm³/mol. The molecular weight excluding hydrogens is 268 g/mol. The third-order valence-corrected chi connectivity index (χ3v) is 2.38. The zero-order valence-corrected chi connectivity index (χ0v) is 10.9. The summed E-state index contributed by atoms with van der Waals surface area (Å²) in [5.41, 5.74) is 0.753. The average Bonchev–Trinajstić information content (AvgIpc) is 2.85. The Morgan fingerprint density at radius 3 is 3.11 bits per heavy atom. The molecule has 0 aliphatic rings. The number of tetrazole rings is 1. The molecule has 0 radical (unpaired) electrons. The summed E-state index contributed by atoms with van der Waals surface area (Å²) < 4.78 is 4.74. The van der Waals surface area contributed by atoms with E-state index in [2.05, 4.69) is 15.4 Å². The molecule has 6 nitrogen and oxygen atoms in total. The van der Waals surface area contributed by atoms with Crippen LogP contribution in [-0.4, -0.2) is 32.8 Å². The van der Waals surface area contributed by atoms with Crippen molar-refractivity contribution < 1.29 is 9.53 Å². The summed E-state index contributed by atoms with van der Waals surface area (Å²) in [7, 11) is 0. The molecule has 0 aliphatic heterocycles. The Balaban J connectivity index is 2.13. The van der Waals surface area contributed by atoms with Crippen LogP contribution in [0.3, 0.4) is 0 Å². The highest BCUT2D eigenvalue weighted by molar-refractivity contribution is 6.30. The lowest BCUT2D eigenvalue weighted by molar-refractivity contribution is -0.137. The number of carbonyl (C=O) groups is 1. The molecule has 7 heteroatoms. The van der Waals surface area contributed by atoms with Crippen LogP contribution in [0.1, 0.15) is 6.92 Å². The number of rotatable bonds is 4. The van der Waals surface area contributed by atoms with Crippen LogP contribution >= 0.6 is 11.6 Å². The molecule has 19 heavy (non-hydrogen) atoms. The Morgan fingerprint density at radius 2 is 2.37 bits per heavy atom. The van der Waals surface area contributed by atoms with E-state index in [0.29, 0.717) is 17.5 Å². The summed E-state index contributed by atoms with van der Waals surface area (Å²) in [6.45, 7) is 2.05. The van der Waals surface area contributed by atoms with E-state index in [9.17, 15) is 4.79 Å². The van der Waals surface area contributed by atoms with Crippen molar-refractivity contribution in [1.82, 2.24) is 20.2 Å². The Bertz CT molecular complexity index is 609. The SMILES string of the molecule is CCOC(=O)/C=C\n1nnc(-c2cccc(Cl)c2)n1. The maximum Gasteiger partial charge on any atom is 0.332 e. The maximum atomic E-state index is 11.1. The molecule has 0 aliphatic carbocycles. The summed E-state index contributed by atoms with van der Waals surface area (Å²) in [6, 6.07) is 7.11. The van der Waals surface area contributed by atoms with Gasteiger partial charge < -0.3 is 4.74 Å². The number of benzene rings is 1. The van der Waals surface area contributed by atoms with Crippen molar-refractivity contribution in [3.8, 4) is 11.4 Å². The Morgan fingerprint density at radius 1 is 1.53 bits per heavy atom. The molecule has 0 N–H and O–H groups in total. The second-order valence-corrected chi connectivity index (χ2v) is 3.95. The fourth-order valence-electron chi connectivity index (χ4n) is 1.35. The third kappa shape index (κ3) is 3.62. The molecule has 0 atom stereocenters. The molecule has 98 valence electrons. The minimum atomic E-state index is -0.455. The molecular formula is C12H11ClN4O2. The lowest BCUT2D eigenvalue weighted by atomic mass is 10.2. The van der Waals surface area contributed by atoms with Crippen LogP contribution in [-0.2, 0) is 9.53 Å². The van der Waals surface area contributed by atoms with Crippen molar-refractivity contribution in [1.29, 1.82) is 0 Å². The molecule has 2 rings (SSSR count). The molecule has 0 bridgehead atoms. The normalized spacial score (nSPS) is 10.8. The second-order valence-electron chi connectivity index (χ2n) is 3.51. The van der Waals surface area contributed by atoms with Crippen LogP contribution in [0, 0.1) is 0 Å². The molecule has 2 aromatic rings. The van der Waals surface area contributed by atoms with Crippen molar-refractivity contribution >= 4 is 23.8 Å². The quantitative estimate of drug-likeness (QED) is 0.632. The highest BCUT2D eigenvalue weighted by atomic mass is 35.5. The number of hydrogen-bond acceptors (Lipinski definition) is 5. The van der Waals surface area contributed by atoms with Gasteiger partial charge in [-0.1, -0.05) is 23.7 Å². The average molecular weight is 279 g/mol. The van der Waals surface area contributed by atoms with Gasteiger partial charge in [0, 0.05) is 16.7 Å². The summed E-state index contributed by atoms with van der Waals surface area (Å²) in [5, 5.41) is 12.4. The fourth-order valence-corrected chi connectivity index (χ4v) is 1.54. The minimum Gasteiger partial charge on any atom is -0.463 e. The summed E-state index contributed by atoms with van der Waals surface area (Å²) in [6.07, 6.45) is 2.60. The lowest BCUT2D eigenvalue weighted by Gasteiger charge is -1.94. The first-order chi connectivity index (χ1) is 9.19. The van der Waals surface area contributed by atoms with E-state index in [4.69, 9.17) is 16.3 Å². The molecule has 0 amide bonds. The standard InChI is InChI=1S/C12H11ClN4O2/c1-2-19-11(18)6-7-17-15-12(14-16-17)9-4-3-5-10(13)8-9/h3-8H,2H2,1H3/b7-6-. The van der Waals surface area contributed by atoms with E-state index in [0.717, 1.165) is 5.56 Å². The van der Waals surface area contributed by atoms with Gasteiger partial charge in [-0.05, 0) is 24.3 Å². The largest absolute Gasteiger partial charge is 0.463 e. The zero-order valence-electron chi connectivity index (χ0n) is 10.2. The predicted octanol–water partition coefficient (Wildman–Crippen LogP) is 2.03. The molecule has 1 aromatic heterocycles. The van der Waals surface area contributed by atoms with E-state index in [1.807, 2.05) is 6.07 Å². The first-order valence-corrected chi connectivity index (χ1v) is 5.97. The first-order valence-electron chi connectivity index (χ1n) is 5.59. The van der Waals surface area contributed by atoms with Crippen molar-refractivity contribution in [3.63, 3.8) is 0 Å². The Hall–Kier alpha value is -2.21. The number of nitrogens with zero attached hydrogens (tertiary/aromatic N) is 4. The van der Waals surface area contributed by atoms with Gasteiger partial charge in [0.25, 0.3) is 0 Å². The van der Waals surface area contributed by atoms with Crippen LogP contribution in [0.2, 0.25) is 5.02 Å². The van der Waals surface area contributed by atoms with Crippen molar-refractivity contribution in [2.24, 2.45) is 0 Å². The van der Waals surface area contributed by atoms with E-state index in [1.54, 1.807) is 25.1 Å². The van der Waals surface area contributed by atoms with E-state index >= 15 is 0 Å². The highest BCUT2D eigenvalue weighted by Crippen LogP contribution is 2.18. The van der Waals surface area contributed by atoms with Gasteiger partial charge in [-0.2, -0.15) is 0 Å². The molecule has 1 heterocycles. The smallest absolute Gasteiger partial charge is 0.332 e. The zero-order chi connectivity index (χ0) is 13.7. The summed E-state index contributed by atoms with van der Waals surface area (Å²) in [4.78, 5) is 12.3. The van der Waals surface area contributed by atoms with Gasteiger partial charge >= 0.3 is 5.97 Å². The molecule has 0 spiro atoms. The second kappa shape index (κ2) is 6.10. The lowest BCUT2D eigenvalue weighted by Crippen LogP contribution is -2.01. The van der Waals surface area contributed by atoms with Crippen molar-refractivity contribution in [2.75, 3.05) is 6.61 Å². The molecule has 1 aromatic carbocycles. The first kappa shape index (κ1) is 13.2. The van der Waals surface area contributed by atoms with Crippen LogP contribution in [0.5, 0.6) is 0 Å². The van der Waals surface area contributed by atoms with Crippen LogP contribution < -0.4 is 0 Å². The van der Waals surface area contributed by atoms with Gasteiger partial charge in [-0.3, -0.25) is 0 Å². The van der Waals surface area contributed by atoms with E-state index in [1.165, 1.54) is 17.1 Å². The van der Waals surface area contributed by atoms with Gasteiger partial charge in [0.15, 0.2) is 0 Å². The number of halogens is 1. The van der Waals surface area contributed by atoms with Crippen molar-refractivity contribution in [3.05, 3.63) is 35.4 Å². The summed E-state index contributed by atoms with van der Waals surface area (Å²) >= 11 is 5.88. The van der Waals surface area contributed by atoms with Crippen molar-refractivity contribution in [2.45, 2.75) is 6.92 Å². The Labute approximate surface area is 114 Å². The molecule has 0 fully saturated rings. The van der Waals surface area contributed by atoms with Crippen LogP contribution in [0.4, 0.5) is 0 Å². The number of aromatic nitrogens is 4. The van der Waals surface area contributed by atoms with Gasteiger partial charge in [-0.15, -0.1) is 15.0 Å². The summed E-state index contributed by atoms with van der Waals surface area (Å²) in [5.74, 6) is -0.0277. The monoisotopic (exact) mass is 278 g/mol. The van der Waals surface area contributed by atoms with E-state index < -0.39 is 5.97 Å².